The standard InChI is InChI=1S/C13H14FN3O2S/c14-7-4-9(11-10(5-7)15-13(20)16-11)12(19)17-3-1-2-8(18)6-17/h4-5,8,18H,1-3,6H2,(H2,15,16,20). The zero-order chi connectivity index (χ0) is 14.3. The number of rotatable bonds is 1. The van der Waals surface area contributed by atoms with E-state index in [1.165, 1.54) is 12.1 Å². The lowest BCUT2D eigenvalue weighted by atomic mass is 10.1. The first-order chi connectivity index (χ1) is 9.54. The summed E-state index contributed by atoms with van der Waals surface area (Å²) >= 11 is 4.98. The van der Waals surface area contributed by atoms with Gasteiger partial charge in [0.05, 0.1) is 22.7 Å². The maximum atomic E-state index is 13.6. The van der Waals surface area contributed by atoms with Crippen LogP contribution >= 0.6 is 12.2 Å². The van der Waals surface area contributed by atoms with E-state index in [0.29, 0.717) is 28.8 Å². The Hall–Kier alpha value is -1.73. The van der Waals surface area contributed by atoms with Gasteiger partial charge in [-0.25, -0.2) is 4.39 Å². The van der Waals surface area contributed by atoms with E-state index in [1.807, 2.05) is 0 Å². The minimum absolute atomic E-state index is 0.237. The number of H-pyrrole nitrogens is 2. The third kappa shape index (κ3) is 2.34. The summed E-state index contributed by atoms with van der Waals surface area (Å²) in [6.45, 7) is 0.848. The second kappa shape index (κ2) is 4.99. The second-order valence-electron chi connectivity index (χ2n) is 5.00. The van der Waals surface area contributed by atoms with Crippen molar-refractivity contribution in [1.82, 2.24) is 14.9 Å². The number of nitrogens with one attached hydrogen (secondary N) is 2. The highest BCUT2D eigenvalue weighted by Gasteiger charge is 2.25. The van der Waals surface area contributed by atoms with Gasteiger partial charge >= 0.3 is 0 Å². The van der Waals surface area contributed by atoms with Crippen molar-refractivity contribution in [2.75, 3.05) is 13.1 Å². The van der Waals surface area contributed by atoms with Crippen molar-refractivity contribution in [1.29, 1.82) is 0 Å². The van der Waals surface area contributed by atoms with Crippen LogP contribution in [-0.4, -0.2) is 45.1 Å². The molecule has 20 heavy (non-hydrogen) atoms. The Morgan fingerprint density at radius 1 is 1.45 bits per heavy atom. The Morgan fingerprint density at radius 3 is 3.00 bits per heavy atom. The molecule has 3 N–H and O–H groups in total. The predicted molar refractivity (Wildman–Crippen MR) is 74.6 cm³/mol. The fourth-order valence-corrected chi connectivity index (χ4v) is 2.80. The number of likely N-dealkylation sites (tertiary alicyclic amines) is 1. The Balaban J connectivity index is 2.04. The number of hydrogen-bond acceptors (Lipinski definition) is 3. The fourth-order valence-electron chi connectivity index (χ4n) is 2.59. The first kappa shape index (κ1) is 13.3. The number of amides is 1. The first-order valence-electron chi connectivity index (χ1n) is 6.43. The Kier molecular flexibility index (Phi) is 3.31. The van der Waals surface area contributed by atoms with Gasteiger partial charge in [0.25, 0.3) is 5.91 Å². The molecule has 1 aromatic heterocycles. The Bertz CT molecular complexity index is 724. The van der Waals surface area contributed by atoms with Crippen molar-refractivity contribution in [3.63, 3.8) is 0 Å². The first-order valence-corrected chi connectivity index (χ1v) is 6.84. The third-order valence-electron chi connectivity index (χ3n) is 3.50. The molecule has 0 aliphatic carbocycles. The maximum absolute atomic E-state index is 13.6. The largest absolute Gasteiger partial charge is 0.391 e. The number of fused-ring (bicyclic) bond motifs is 1. The highest BCUT2D eigenvalue weighted by Crippen LogP contribution is 2.21. The number of aromatic amines is 2. The van der Waals surface area contributed by atoms with Crippen molar-refractivity contribution in [3.05, 3.63) is 28.3 Å². The maximum Gasteiger partial charge on any atom is 0.256 e. The van der Waals surface area contributed by atoms with Crippen LogP contribution in [0, 0.1) is 10.6 Å². The molecule has 2 heterocycles. The molecule has 1 amide bonds. The van der Waals surface area contributed by atoms with Gasteiger partial charge in [-0.15, -0.1) is 0 Å². The number of halogens is 1. The third-order valence-corrected chi connectivity index (χ3v) is 3.71. The summed E-state index contributed by atoms with van der Waals surface area (Å²) in [7, 11) is 0. The van der Waals surface area contributed by atoms with Crippen molar-refractivity contribution in [3.8, 4) is 0 Å². The number of β-amino-alcohol motifs (C(OH)–C–C–N with tert-alkyl or cyclic N) is 1. The average molecular weight is 295 g/mol. The molecule has 1 unspecified atom stereocenters. The quantitative estimate of drug-likeness (QED) is 0.704. The highest BCUT2D eigenvalue weighted by atomic mass is 32.1. The lowest BCUT2D eigenvalue weighted by Crippen LogP contribution is -2.42. The van der Waals surface area contributed by atoms with Crippen LogP contribution in [0.4, 0.5) is 4.39 Å². The van der Waals surface area contributed by atoms with E-state index in [1.54, 1.807) is 4.90 Å². The molecule has 1 saturated heterocycles. The van der Waals surface area contributed by atoms with E-state index in [0.717, 1.165) is 6.42 Å². The van der Waals surface area contributed by atoms with Crippen LogP contribution in [0.15, 0.2) is 12.1 Å². The molecule has 2 aromatic rings. The predicted octanol–water partition coefficient (Wildman–Crippen LogP) is 1.96. The number of aromatic nitrogens is 2. The topological polar surface area (TPSA) is 72.1 Å². The van der Waals surface area contributed by atoms with Crippen LogP contribution in [0.3, 0.4) is 0 Å². The van der Waals surface area contributed by atoms with E-state index in [-0.39, 0.29) is 18.0 Å². The van der Waals surface area contributed by atoms with E-state index >= 15 is 0 Å². The molecule has 0 radical (unpaired) electrons. The van der Waals surface area contributed by atoms with Crippen molar-refractivity contribution >= 4 is 29.2 Å². The monoisotopic (exact) mass is 295 g/mol. The summed E-state index contributed by atoms with van der Waals surface area (Å²) in [6, 6.07) is 2.49. The normalized spacial score (nSPS) is 19.5. The number of carbonyl (C=O) groups excluding carboxylic acids is 1. The number of piperidine rings is 1. The Labute approximate surface area is 119 Å². The number of imidazole rings is 1. The number of aliphatic hydroxyl groups is 1. The molecule has 106 valence electrons. The smallest absolute Gasteiger partial charge is 0.256 e. The molecule has 1 atom stereocenters. The number of carbonyl (C=O) groups is 1. The van der Waals surface area contributed by atoms with Crippen LogP contribution in [0.2, 0.25) is 0 Å². The van der Waals surface area contributed by atoms with Crippen LogP contribution in [0.5, 0.6) is 0 Å². The summed E-state index contributed by atoms with van der Waals surface area (Å²) in [5.74, 6) is -0.790. The number of benzene rings is 1. The van der Waals surface area contributed by atoms with Gasteiger partial charge in [-0.2, -0.15) is 0 Å². The summed E-state index contributed by atoms with van der Waals surface area (Å²) < 4.78 is 14.0. The van der Waals surface area contributed by atoms with Gasteiger partial charge in [0.2, 0.25) is 0 Å². The molecule has 5 nitrogen and oxygen atoms in total. The average Bonchev–Trinajstić information content (AvgIpc) is 2.77. The molecule has 0 saturated carbocycles. The van der Waals surface area contributed by atoms with Crippen molar-refractivity contribution < 1.29 is 14.3 Å². The minimum atomic E-state index is -0.513. The molecule has 3 rings (SSSR count). The van der Waals surface area contributed by atoms with Gasteiger partial charge in [0.1, 0.15) is 5.82 Å². The summed E-state index contributed by atoms with van der Waals surface area (Å²) in [6.07, 6.45) is 0.921. The fraction of sp³-hybridized carbons (Fsp3) is 0.385. The molecular weight excluding hydrogens is 281 g/mol. The highest BCUT2D eigenvalue weighted by molar-refractivity contribution is 7.71. The van der Waals surface area contributed by atoms with E-state index in [9.17, 15) is 14.3 Å². The molecular formula is C13H14FN3O2S. The van der Waals surface area contributed by atoms with Gasteiger partial charge < -0.3 is 20.0 Å². The molecule has 0 bridgehead atoms. The van der Waals surface area contributed by atoms with Crippen LogP contribution in [-0.2, 0) is 0 Å². The van der Waals surface area contributed by atoms with Gasteiger partial charge in [0.15, 0.2) is 4.77 Å². The zero-order valence-electron chi connectivity index (χ0n) is 10.6. The van der Waals surface area contributed by atoms with Crippen molar-refractivity contribution in [2.45, 2.75) is 18.9 Å². The SMILES string of the molecule is O=C(c1cc(F)cc2[nH]c(=S)[nH]c12)N1CCCC(O)C1. The van der Waals surface area contributed by atoms with Gasteiger partial charge in [0, 0.05) is 13.1 Å². The van der Waals surface area contributed by atoms with Crippen LogP contribution < -0.4 is 0 Å². The van der Waals surface area contributed by atoms with E-state index in [4.69, 9.17) is 12.2 Å². The number of aliphatic hydroxyl groups excluding tert-OH is 1. The minimum Gasteiger partial charge on any atom is -0.391 e. The summed E-state index contributed by atoms with van der Waals surface area (Å²) in [4.78, 5) is 19.7. The van der Waals surface area contributed by atoms with Crippen molar-refractivity contribution in [2.24, 2.45) is 0 Å². The molecule has 1 fully saturated rings. The van der Waals surface area contributed by atoms with E-state index < -0.39 is 11.9 Å². The zero-order valence-corrected chi connectivity index (χ0v) is 11.5. The van der Waals surface area contributed by atoms with Gasteiger partial charge in [-0.3, -0.25) is 4.79 Å². The number of nitrogens with zero attached hydrogens (tertiary/aromatic N) is 1. The molecule has 1 aromatic carbocycles. The number of hydrogen-bond donors (Lipinski definition) is 3. The van der Waals surface area contributed by atoms with Crippen LogP contribution in [0.1, 0.15) is 23.2 Å². The lowest BCUT2D eigenvalue weighted by Gasteiger charge is -2.30. The molecule has 1 aliphatic rings. The lowest BCUT2D eigenvalue weighted by molar-refractivity contribution is 0.0475. The molecule has 7 heteroatoms. The molecule has 1 aliphatic heterocycles. The summed E-state index contributed by atoms with van der Waals surface area (Å²) in [5, 5.41) is 9.65. The van der Waals surface area contributed by atoms with E-state index in [2.05, 4.69) is 9.97 Å². The molecule has 0 spiro atoms. The summed E-state index contributed by atoms with van der Waals surface area (Å²) in [5.41, 5.74) is 1.21. The second-order valence-corrected chi connectivity index (χ2v) is 5.41. The van der Waals surface area contributed by atoms with Gasteiger partial charge in [-0.05, 0) is 37.2 Å². The van der Waals surface area contributed by atoms with Crippen LogP contribution in [0.25, 0.3) is 11.0 Å². The Morgan fingerprint density at radius 2 is 2.25 bits per heavy atom. The van der Waals surface area contributed by atoms with Gasteiger partial charge in [-0.1, -0.05) is 0 Å².